The third kappa shape index (κ3) is 4.49. The zero-order valence-corrected chi connectivity index (χ0v) is 15.5. The zero-order chi connectivity index (χ0) is 20.1. The Morgan fingerprint density at radius 2 is 1.85 bits per heavy atom. The first-order valence-corrected chi connectivity index (χ1v) is 8.21. The molecule has 142 valence electrons. The van der Waals surface area contributed by atoms with E-state index in [0.717, 1.165) is 6.08 Å². The quantitative estimate of drug-likeness (QED) is 0.477. The van der Waals surface area contributed by atoms with E-state index in [1.807, 2.05) is 0 Å². The molecule has 0 radical (unpaired) electrons. The summed E-state index contributed by atoms with van der Waals surface area (Å²) in [6.45, 7) is 4.67. The maximum atomic E-state index is 13.5. The summed E-state index contributed by atoms with van der Waals surface area (Å²) >= 11 is 0. The van der Waals surface area contributed by atoms with E-state index in [9.17, 15) is 18.8 Å². The Bertz CT molecular complexity index is 913. The molecule has 1 aromatic heterocycles. The Labute approximate surface area is 156 Å². The lowest BCUT2D eigenvalue weighted by atomic mass is 10.1. The number of carbonyl (C=O) groups excluding carboxylic acids is 3. The molecule has 7 heteroatoms. The molecule has 1 N–H and O–H groups in total. The average molecular weight is 373 g/mol. The standard InChI is InChI=1S/C20H20FNO5/c1-11-17(20(25)26-4)12(2)22-18(11)19(24)13(3)27-16(23)10-9-14-7-5-6-8-15(14)21/h5-10,13,22H,1-4H3/b10-9+/t13-/m0/s1. The van der Waals surface area contributed by atoms with Crippen molar-refractivity contribution in [1.29, 1.82) is 0 Å². The number of halogens is 1. The van der Waals surface area contributed by atoms with Gasteiger partial charge in [0.1, 0.15) is 5.82 Å². The minimum atomic E-state index is -1.09. The maximum absolute atomic E-state index is 13.5. The van der Waals surface area contributed by atoms with E-state index >= 15 is 0 Å². The molecule has 1 heterocycles. The fraction of sp³-hybridized carbons (Fsp3) is 0.250. The van der Waals surface area contributed by atoms with Gasteiger partial charge in [-0.2, -0.15) is 0 Å². The normalized spacial score (nSPS) is 12.0. The molecular formula is C20H20FNO5. The molecule has 0 bridgehead atoms. The average Bonchev–Trinajstić information content (AvgIpc) is 2.94. The summed E-state index contributed by atoms with van der Waals surface area (Å²) in [7, 11) is 1.25. The number of rotatable bonds is 6. The second-order valence-electron chi connectivity index (χ2n) is 5.91. The van der Waals surface area contributed by atoms with Crippen molar-refractivity contribution in [3.63, 3.8) is 0 Å². The number of hydrogen-bond acceptors (Lipinski definition) is 5. The zero-order valence-electron chi connectivity index (χ0n) is 15.5. The van der Waals surface area contributed by atoms with Crippen LogP contribution in [0.4, 0.5) is 4.39 Å². The Kier molecular flexibility index (Phi) is 6.28. The number of aromatic nitrogens is 1. The molecule has 0 fully saturated rings. The van der Waals surface area contributed by atoms with Crippen LogP contribution in [-0.2, 0) is 14.3 Å². The highest BCUT2D eigenvalue weighted by Gasteiger charge is 2.26. The number of benzene rings is 1. The van der Waals surface area contributed by atoms with E-state index < -0.39 is 29.6 Å². The van der Waals surface area contributed by atoms with Crippen molar-refractivity contribution in [2.24, 2.45) is 0 Å². The first-order chi connectivity index (χ1) is 12.8. The molecule has 0 aliphatic rings. The van der Waals surface area contributed by atoms with E-state index in [0.29, 0.717) is 11.3 Å². The molecule has 1 aromatic carbocycles. The second kappa shape index (κ2) is 8.44. The van der Waals surface area contributed by atoms with Crippen LogP contribution in [0.25, 0.3) is 6.08 Å². The van der Waals surface area contributed by atoms with Gasteiger partial charge in [0.05, 0.1) is 18.4 Å². The fourth-order valence-corrected chi connectivity index (χ4v) is 2.64. The number of aromatic amines is 1. The highest BCUT2D eigenvalue weighted by molar-refractivity contribution is 6.04. The highest BCUT2D eigenvalue weighted by Crippen LogP contribution is 2.21. The summed E-state index contributed by atoms with van der Waals surface area (Å²) in [5.41, 5.74) is 1.59. The Morgan fingerprint density at radius 3 is 2.48 bits per heavy atom. The van der Waals surface area contributed by atoms with Crippen molar-refractivity contribution in [2.75, 3.05) is 7.11 Å². The number of nitrogens with one attached hydrogen (secondary N) is 1. The Balaban J connectivity index is 2.11. The molecule has 0 saturated heterocycles. The molecule has 27 heavy (non-hydrogen) atoms. The number of ketones is 1. The van der Waals surface area contributed by atoms with E-state index in [4.69, 9.17) is 9.47 Å². The molecule has 0 unspecified atom stereocenters. The van der Waals surface area contributed by atoms with Gasteiger partial charge in [-0.1, -0.05) is 18.2 Å². The van der Waals surface area contributed by atoms with Crippen molar-refractivity contribution < 1.29 is 28.2 Å². The van der Waals surface area contributed by atoms with Gasteiger partial charge < -0.3 is 14.5 Å². The van der Waals surface area contributed by atoms with Gasteiger partial charge in [0.25, 0.3) is 0 Å². The lowest BCUT2D eigenvalue weighted by Crippen LogP contribution is -2.24. The van der Waals surface area contributed by atoms with Gasteiger partial charge in [-0.15, -0.1) is 0 Å². The summed E-state index contributed by atoms with van der Waals surface area (Å²) in [5.74, 6) is -2.30. The molecule has 2 aromatic rings. The molecule has 2 rings (SSSR count). The molecule has 0 amide bonds. The van der Waals surface area contributed by atoms with Crippen molar-refractivity contribution in [3.05, 3.63) is 64.2 Å². The molecule has 0 spiro atoms. The fourth-order valence-electron chi connectivity index (χ4n) is 2.64. The predicted molar refractivity (Wildman–Crippen MR) is 96.9 cm³/mol. The minimum absolute atomic E-state index is 0.172. The third-order valence-electron chi connectivity index (χ3n) is 4.04. The van der Waals surface area contributed by atoms with E-state index in [2.05, 4.69) is 4.98 Å². The number of esters is 2. The Morgan fingerprint density at radius 1 is 1.19 bits per heavy atom. The van der Waals surface area contributed by atoms with Crippen molar-refractivity contribution >= 4 is 23.8 Å². The number of ether oxygens (including phenoxy) is 2. The van der Waals surface area contributed by atoms with Crippen LogP contribution in [0.5, 0.6) is 0 Å². The lowest BCUT2D eigenvalue weighted by Gasteiger charge is -2.10. The number of methoxy groups -OCH3 is 1. The van der Waals surface area contributed by atoms with Crippen LogP contribution >= 0.6 is 0 Å². The molecule has 0 aliphatic heterocycles. The van der Waals surface area contributed by atoms with Crippen LogP contribution in [0.15, 0.2) is 30.3 Å². The van der Waals surface area contributed by atoms with E-state index in [-0.39, 0.29) is 16.8 Å². The van der Waals surface area contributed by atoms with Gasteiger partial charge >= 0.3 is 11.9 Å². The van der Waals surface area contributed by atoms with Crippen LogP contribution in [0.1, 0.15) is 44.6 Å². The first kappa shape index (κ1) is 20.1. The van der Waals surface area contributed by atoms with Gasteiger partial charge in [0.15, 0.2) is 6.10 Å². The van der Waals surface area contributed by atoms with Gasteiger partial charge in [0.2, 0.25) is 5.78 Å². The van der Waals surface area contributed by atoms with Gasteiger partial charge in [-0.05, 0) is 38.5 Å². The summed E-state index contributed by atoms with van der Waals surface area (Å²) < 4.78 is 23.3. The van der Waals surface area contributed by atoms with E-state index in [1.54, 1.807) is 19.9 Å². The molecule has 0 aliphatic carbocycles. The Hall–Kier alpha value is -3.22. The molecule has 6 nitrogen and oxygen atoms in total. The smallest absolute Gasteiger partial charge is 0.339 e. The van der Waals surface area contributed by atoms with Crippen LogP contribution in [-0.4, -0.2) is 35.9 Å². The molecule has 1 atom stereocenters. The van der Waals surface area contributed by atoms with Crippen LogP contribution in [0.3, 0.4) is 0 Å². The van der Waals surface area contributed by atoms with Gasteiger partial charge in [-0.3, -0.25) is 4.79 Å². The van der Waals surface area contributed by atoms with Crippen molar-refractivity contribution in [1.82, 2.24) is 4.98 Å². The van der Waals surface area contributed by atoms with Gasteiger partial charge in [-0.25, -0.2) is 14.0 Å². The topological polar surface area (TPSA) is 85.5 Å². The minimum Gasteiger partial charge on any atom is -0.465 e. The molecule has 0 saturated carbocycles. The predicted octanol–water partition coefficient (Wildman–Crippen LogP) is 3.39. The summed E-state index contributed by atoms with van der Waals surface area (Å²) in [5, 5.41) is 0. The van der Waals surface area contributed by atoms with Crippen LogP contribution < -0.4 is 0 Å². The number of H-pyrrole nitrogens is 1. The summed E-state index contributed by atoms with van der Waals surface area (Å²) in [6.07, 6.45) is 1.23. The maximum Gasteiger partial charge on any atom is 0.339 e. The second-order valence-corrected chi connectivity index (χ2v) is 5.91. The summed E-state index contributed by atoms with van der Waals surface area (Å²) in [6, 6.07) is 5.95. The number of aryl methyl sites for hydroxylation is 1. The van der Waals surface area contributed by atoms with Crippen molar-refractivity contribution in [2.45, 2.75) is 26.9 Å². The number of hydrogen-bond donors (Lipinski definition) is 1. The lowest BCUT2D eigenvalue weighted by molar-refractivity contribution is -0.140. The van der Waals surface area contributed by atoms with Gasteiger partial charge in [0, 0.05) is 17.3 Å². The highest BCUT2D eigenvalue weighted by atomic mass is 19.1. The van der Waals surface area contributed by atoms with Crippen LogP contribution in [0, 0.1) is 19.7 Å². The SMILES string of the molecule is COC(=O)c1c(C)[nH]c(C(=O)[C@H](C)OC(=O)/C=C/c2ccccc2F)c1C. The molecular weight excluding hydrogens is 353 g/mol. The largest absolute Gasteiger partial charge is 0.465 e. The van der Waals surface area contributed by atoms with Crippen LogP contribution in [0.2, 0.25) is 0 Å². The first-order valence-electron chi connectivity index (χ1n) is 8.21. The van der Waals surface area contributed by atoms with Crippen molar-refractivity contribution in [3.8, 4) is 0 Å². The number of carbonyl (C=O) groups is 3. The monoisotopic (exact) mass is 373 g/mol. The van der Waals surface area contributed by atoms with E-state index in [1.165, 1.54) is 38.3 Å². The summed E-state index contributed by atoms with van der Waals surface area (Å²) in [4.78, 5) is 39.1. The number of Topliss-reactive ketones (excluding diaryl/α,β-unsaturated/α-hetero) is 1. The third-order valence-corrected chi connectivity index (χ3v) is 4.04.